The first-order valence-electron chi connectivity index (χ1n) is 6.49. The van der Waals surface area contributed by atoms with Gasteiger partial charge in [-0.15, -0.1) is 0 Å². The third-order valence-corrected chi connectivity index (χ3v) is 1.62. The molecule has 1 N–H and O–H groups in total. The lowest BCUT2D eigenvalue weighted by molar-refractivity contribution is 0.166. The van der Waals surface area contributed by atoms with Gasteiger partial charge in [0.25, 0.3) is 11.5 Å². The smallest absolute Gasteiger partial charge is 0.260 e. The molecule has 0 saturated carbocycles. The molecule has 0 saturated heterocycles. The van der Waals surface area contributed by atoms with Crippen molar-refractivity contribution in [1.82, 2.24) is 0 Å². The van der Waals surface area contributed by atoms with Crippen LogP contribution in [0.2, 0.25) is 0 Å². The molecule has 1 nitrogen and oxygen atoms in total. The van der Waals surface area contributed by atoms with E-state index >= 15 is 0 Å². The van der Waals surface area contributed by atoms with Gasteiger partial charge in [0.05, 0.1) is 0 Å². The maximum absolute atomic E-state index is 4.40. The lowest BCUT2D eigenvalue weighted by Gasteiger charge is -2.02. The van der Waals surface area contributed by atoms with Crippen molar-refractivity contribution < 1.29 is 4.74 Å². The first-order chi connectivity index (χ1) is 8.72. The van der Waals surface area contributed by atoms with E-state index in [9.17, 15) is 0 Å². The number of aliphatic hydroxyl groups is 1. The van der Waals surface area contributed by atoms with Crippen molar-refractivity contribution in [2.45, 2.75) is 34.6 Å². The zero-order valence-electron chi connectivity index (χ0n) is 12.4. The van der Waals surface area contributed by atoms with Crippen molar-refractivity contribution >= 4 is 0 Å². The van der Waals surface area contributed by atoms with Crippen LogP contribution in [0.4, 0.5) is 0 Å². The molecule has 1 rings (SSSR count). The summed E-state index contributed by atoms with van der Waals surface area (Å²) >= 11 is 0. The van der Waals surface area contributed by atoms with Crippen LogP contribution in [0.25, 0.3) is 0 Å². The molecule has 0 spiro atoms. The van der Waals surface area contributed by atoms with E-state index in [4.69, 9.17) is 0 Å². The molecule has 1 aromatic rings. The molecule has 0 unspecified atom stereocenters. The average Bonchev–Trinajstić information content (AvgIpc) is 2.43. The minimum Gasteiger partial charge on any atom is -0.546 e. The first-order valence-corrected chi connectivity index (χ1v) is 6.49. The Bertz CT molecular complexity index is 347. The van der Waals surface area contributed by atoms with Gasteiger partial charge in [-0.05, 0) is 12.5 Å². The number of rotatable bonds is 4. The summed E-state index contributed by atoms with van der Waals surface area (Å²) in [5.74, 6) is 1.77. The van der Waals surface area contributed by atoms with Crippen LogP contribution >= 0.6 is 0 Å². The Balaban J connectivity index is 0. The molecule has 0 bridgehead atoms. The Labute approximate surface area is 113 Å². The van der Waals surface area contributed by atoms with Crippen LogP contribution in [-0.4, -0.2) is 4.74 Å². The molecule has 0 atom stereocenters. The van der Waals surface area contributed by atoms with Gasteiger partial charge >= 0.3 is 0 Å². The van der Waals surface area contributed by atoms with Gasteiger partial charge < -0.3 is 4.74 Å². The highest BCUT2D eigenvalue weighted by atomic mass is 16.5. The standard InChI is InChI=1S/C13H14O.2C2H6/c1-4-12(10-11(2)3)14-13-8-6-5-7-9-13;2*1-2/h4-10H,1-2H2,3H3;2*1-2H3/p+1. The Morgan fingerprint density at radius 3 is 1.94 bits per heavy atom. The molecule has 18 heavy (non-hydrogen) atoms. The highest BCUT2D eigenvalue weighted by molar-refractivity contribution is 5.27. The van der Waals surface area contributed by atoms with Gasteiger partial charge in [-0.1, -0.05) is 59.1 Å². The van der Waals surface area contributed by atoms with E-state index in [-0.39, 0.29) is 0 Å². The lowest BCUT2D eigenvalue weighted by Crippen LogP contribution is -1.87. The number of hydrogen-bond donors (Lipinski definition) is 0. The number of aromatic hydroxyl groups is 1. The highest BCUT2D eigenvalue weighted by Crippen LogP contribution is 2.15. The zero-order chi connectivity index (χ0) is 14.4. The monoisotopic (exact) mass is 247 g/mol. The van der Waals surface area contributed by atoms with Gasteiger partial charge in [-0.2, -0.15) is 0 Å². The maximum Gasteiger partial charge on any atom is 0.260 e. The predicted molar refractivity (Wildman–Crippen MR) is 83.9 cm³/mol. The topological polar surface area (TPSA) is 12.8 Å². The first kappa shape index (κ1) is 18.6. The second-order valence-corrected chi connectivity index (χ2v) is 3.07. The second kappa shape index (κ2) is 13.3. The van der Waals surface area contributed by atoms with Crippen molar-refractivity contribution in [2.24, 2.45) is 0 Å². The van der Waals surface area contributed by atoms with Crippen LogP contribution in [0.15, 0.2) is 67.0 Å². The minimum atomic E-state index is 0.837. The van der Waals surface area contributed by atoms with E-state index in [0.717, 1.165) is 17.1 Å². The third-order valence-electron chi connectivity index (χ3n) is 1.62. The van der Waals surface area contributed by atoms with E-state index in [1.165, 1.54) is 0 Å². The number of ether oxygens (including phenoxy) is 1. The van der Waals surface area contributed by atoms with Crippen molar-refractivity contribution in [3.8, 4) is 5.75 Å². The second-order valence-electron chi connectivity index (χ2n) is 3.07. The largest absolute Gasteiger partial charge is 0.546 e. The molecule has 1 heteroatoms. The van der Waals surface area contributed by atoms with Gasteiger partial charge in [-0.25, -0.2) is 0 Å². The fourth-order valence-electron chi connectivity index (χ4n) is 1.04. The SMILES string of the molecule is C=CC(=CC(=C)C)[OH+]c1ccccc1.CC.CC. The number of para-hydroxylation sites is 1. The van der Waals surface area contributed by atoms with Crippen LogP contribution in [-0.2, 0) is 0 Å². The van der Waals surface area contributed by atoms with E-state index in [1.807, 2.05) is 71.0 Å². The van der Waals surface area contributed by atoms with Crippen LogP contribution < -0.4 is 0 Å². The van der Waals surface area contributed by atoms with Gasteiger partial charge in [0.2, 0.25) is 0 Å². The average molecular weight is 247 g/mol. The predicted octanol–water partition coefficient (Wildman–Crippen LogP) is 5.63. The van der Waals surface area contributed by atoms with Gasteiger partial charge in [-0.3, -0.25) is 0 Å². The molecule has 0 aromatic heterocycles. The molecule has 0 radical (unpaired) electrons. The number of allylic oxidation sites excluding steroid dienone is 3. The van der Waals surface area contributed by atoms with Crippen LogP contribution in [0.3, 0.4) is 0 Å². The summed E-state index contributed by atoms with van der Waals surface area (Å²) in [6, 6.07) is 9.79. The number of hydrogen-bond acceptors (Lipinski definition) is 0. The highest BCUT2D eigenvalue weighted by Gasteiger charge is 2.00. The lowest BCUT2D eigenvalue weighted by atomic mass is 10.3. The van der Waals surface area contributed by atoms with Crippen molar-refractivity contribution in [3.63, 3.8) is 0 Å². The Hall–Kier alpha value is -1.76. The Morgan fingerprint density at radius 1 is 1.06 bits per heavy atom. The summed E-state index contributed by atoms with van der Waals surface area (Å²) < 4.78 is 4.40. The molecule has 100 valence electrons. The summed E-state index contributed by atoms with van der Waals surface area (Å²) in [7, 11) is 0. The van der Waals surface area contributed by atoms with E-state index in [0.29, 0.717) is 0 Å². The van der Waals surface area contributed by atoms with Gasteiger partial charge in [0.15, 0.2) is 0 Å². The maximum atomic E-state index is 4.40. The fraction of sp³-hybridized carbons (Fsp3) is 0.294. The molecule has 0 heterocycles. The van der Waals surface area contributed by atoms with Gasteiger partial charge in [0, 0.05) is 24.3 Å². The van der Waals surface area contributed by atoms with E-state index < -0.39 is 0 Å². The van der Waals surface area contributed by atoms with Crippen LogP contribution in [0.1, 0.15) is 34.6 Å². The minimum absolute atomic E-state index is 0.837. The Morgan fingerprint density at radius 2 is 1.56 bits per heavy atom. The molecule has 0 aliphatic heterocycles. The molecule has 1 aromatic carbocycles. The normalized spacial score (nSPS) is 9.06. The van der Waals surface area contributed by atoms with E-state index in [1.54, 1.807) is 6.08 Å². The molecule has 0 amide bonds. The Kier molecular flexibility index (Phi) is 13.7. The van der Waals surface area contributed by atoms with Crippen LogP contribution in [0, 0.1) is 0 Å². The zero-order valence-corrected chi connectivity index (χ0v) is 12.4. The summed E-state index contributed by atoms with van der Waals surface area (Å²) in [6.45, 7) is 17.4. The third kappa shape index (κ3) is 9.46. The molecular weight excluding hydrogens is 220 g/mol. The van der Waals surface area contributed by atoms with Crippen molar-refractivity contribution in [2.75, 3.05) is 0 Å². The molecule has 0 aliphatic carbocycles. The number of benzene rings is 1. The van der Waals surface area contributed by atoms with E-state index in [2.05, 4.69) is 17.9 Å². The summed E-state index contributed by atoms with van der Waals surface area (Å²) in [5, 5.41) is 0. The summed E-state index contributed by atoms with van der Waals surface area (Å²) in [4.78, 5) is 0. The molecular formula is C17H27O+. The van der Waals surface area contributed by atoms with Crippen molar-refractivity contribution in [1.29, 1.82) is 0 Å². The van der Waals surface area contributed by atoms with Crippen molar-refractivity contribution in [3.05, 3.63) is 67.0 Å². The summed E-state index contributed by atoms with van der Waals surface area (Å²) in [6.07, 6.45) is 3.63. The molecule has 0 fully saturated rings. The quantitative estimate of drug-likeness (QED) is 0.372. The van der Waals surface area contributed by atoms with Gasteiger partial charge in [0.1, 0.15) is 0 Å². The fourth-order valence-corrected chi connectivity index (χ4v) is 1.04. The molecule has 0 aliphatic rings. The summed E-state index contributed by atoms with van der Waals surface area (Å²) in [5.41, 5.74) is 0.972. The van der Waals surface area contributed by atoms with Crippen LogP contribution in [0.5, 0.6) is 5.75 Å².